The molecule has 2 aromatic carbocycles. The molecule has 1 aromatic heterocycles. The summed E-state index contributed by atoms with van der Waals surface area (Å²) < 4.78 is 0. The van der Waals surface area contributed by atoms with E-state index >= 15 is 0 Å². The zero-order valence-corrected chi connectivity index (χ0v) is 15.2. The van der Waals surface area contributed by atoms with Crippen molar-refractivity contribution < 1.29 is 9.59 Å². The fourth-order valence-corrected chi connectivity index (χ4v) is 2.56. The van der Waals surface area contributed by atoms with E-state index in [0.717, 1.165) is 17.1 Å². The lowest BCUT2D eigenvalue weighted by Crippen LogP contribution is -2.13. The van der Waals surface area contributed by atoms with Crippen LogP contribution in [0.1, 0.15) is 17.4 Å². The molecule has 2 amide bonds. The Morgan fingerprint density at radius 1 is 0.852 bits per heavy atom. The molecule has 0 saturated heterocycles. The average molecular weight is 381 g/mol. The summed E-state index contributed by atoms with van der Waals surface area (Å²) in [5.74, 6) is -0.435. The van der Waals surface area contributed by atoms with Gasteiger partial charge in [0.2, 0.25) is 5.91 Å². The van der Waals surface area contributed by atoms with Crippen LogP contribution in [0.5, 0.6) is 0 Å². The number of pyridine rings is 1. The normalized spacial score (nSPS) is 10.1. The highest BCUT2D eigenvalue weighted by atomic mass is 35.5. The number of halogens is 1. The third-order valence-electron chi connectivity index (χ3n) is 3.57. The second kappa shape index (κ2) is 8.33. The first-order valence-electron chi connectivity index (χ1n) is 8.17. The minimum atomic E-state index is -0.316. The monoisotopic (exact) mass is 380 g/mol. The maximum absolute atomic E-state index is 12.2. The number of nitrogens with one attached hydrogen (secondary N) is 3. The standard InChI is InChI=1S/C20H17ClN4O2/c1-13(26)23-15-5-7-16(8-6-15)24-18-9-10-19(22-12-18)20(27)25-17-4-2-3-14(21)11-17/h2-12,24H,1H3,(H,23,26)(H,25,27). The van der Waals surface area contributed by atoms with Crippen molar-refractivity contribution in [3.8, 4) is 0 Å². The quantitative estimate of drug-likeness (QED) is 0.599. The van der Waals surface area contributed by atoms with Gasteiger partial charge in [0.05, 0.1) is 11.9 Å². The first-order valence-corrected chi connectivity index (χ1v) is 8.55. The van der Waals surface area contributed by atoms with Crippen LogP contribution in [-0.4, -0.2) is 16.8 Å². The van der Waals surface area contributed by atoms with Crippen molar-refractivity contribution in [3.63, 3.8) is 0 Å². The van der Waals surface area contributed by atoms with Crippen LogP contribution in [0.2, 0.25) is 5.02 Å². The van der Waals surface area contributed by atoms with E-state index in [0.29, 0.717) is 16.4 Å². The first kappa shape index (κ1) is 18.4. The number of amides is 2. The molecule has 0 saturated carbocycles. The number of carbonyl (C=O) groups excluding carboxylic acids is 2. The number of carbonyl (C=O) groups is 2. The number of rotatable bonds is 5. The van der Waals surface area contributed by atoms with E-state index in [4.69, 9.17) is 11.6 Å². The van der Waals surface area contributed by atoms with Crippen molar-refractivity contribution in [2.45, 2.75) is 6.92 Å². The summed E-state index contributed by atoms with van der Waals surface area (Å²) in [5, 5.41) is 9.19. The van der Waals surface area contributed by atoms with Gasteiger partial charge < -0.3 is 16.0 Å². The summed E-state index contributed by atoms with van der Waals surface area (Å²) in [5.41, 5.74) is 3.19. The van der Waals surface area contributed by atoms with E-state index in [1.54, 1.807) is 54.7 Å². The minimum absolute atomic E-state index is 0.119. The summed E-state index contributed by atoms with van der Waals surface area (Å²) >= 11 is 5.91. The van der Waals surface area contributed by atoms with Crippen molar-refractivity contribution in [2.24, 2.45) is 0 Å². The maximum Gasteiger partial charge on any atom is 0.274 e. The smallest absolute Gasteiger partial charge is 0.274 e. The summed E-state index contributed by atoms with van der Waals surface area (Å²) in [6, 6.07) is 17.6. The van der Waals surface area contributed by atoms with E-state index in [-0.39, 0.29) is 11.8 Å². The van der Waals surface area contributed by atoms with Gasteiger partial charge in [-0.3, -0.25) is 9.59 Å². The Morgan fingerprint density at radius 2 is 1.56 bits per heavy atom. The second-order valence-electron chi connectivity index (χ2n) is 5.78. The van der Waals surface area contributed by atoms with Crippen molar-refractivity contribution in [1.29, 1.82) is 0 Å². The predicted molar refractivity (Wildman–Crippen MR) is 108 cm³/mol. The van der Waals surface area contributed by atoms with Gasteiger partial charge in [0, 0.05) is 29.0 Å². The Labute approximate surface area is 161 Å². The van der Waals surface area contributed by atoms with Gasteiger partial charge in [0.1, 0.15) is 5.69 Å². The van der Waals surface area contributed by atoms with E-state index < -0.39 is 0 Å². The Balaban J connectivity index is 1.62. The highest BCUT2D eigenvalue weighted by molar-refractivity contribution is 6.30. The lowest BCUT2D eigenvalue weighted by molar-refractivity contribution is -0.114. The Kier molecular flexibility index (Phi) is 5.68. The largest absolute Gasteiger partial charge is 0.354 e. The highest BCUT2D eigenvalue weighted by Gasteiger charge is 2.08. The summed E-state index contributed by atoms with van der Waals surface area (Å²) in [6.45, 7) is 1.46. The van der Waals surface area contributed by atoms with Crippen LogP contribution in [0.15, 0.2) is 66.9 Å². The van der Waals surface area contributed by atoms with Gasteiger partial charge in [-0.25, -0.2) is 4.98 Å². The third-order valence-corrected chi connectivity index (χ3v) is 3.81. The molecule has 0 unspecified atom stereocenters. The first-order chi connectivity index (χ1) is 13.0. The molecule has 0 aliphatic heterocycles. The molecule has 0 aliphatic rings. The molecule has 3 aromatic rings. The van der Waals surface area contributed by atoms with Gasteiger partial charge in [-0.2, -0.15) is 0 Å². The SMILES string of the molecule is CC(=O)Nc1ccc(Nc2ccc(C(=O)Nc3cccc(Cl)c3)nc2)cc1. The van der Waals surface area contributed by atoms with Crippen molar-refractivity contribution in [1.82, 2.24) is 4.98 Å². The topological polar surface area (TPSA) is 83.1 Å². The number of aromatic nitrogens is 1. The van der Waals surface area contributed by atoms with Crippen molar-refractivity contribution in [3.05, 3.63) is 77.6 Å². The van der Waals surface area contributed by atoms with Gasteiger partial charge in [0.25, 0.3) is 5.91 Å². The van der Waals surface area contributed by atoms with Crippen LogP contribution in [0.3, 0.4) is 0 Å². The molecule has 136 valence electrons. The van der Waals surface area contributed by atoms with Gasteiger partial charge in [0.15, 0.2) is 0 Å². The number of hydrogen-bond donors (Lipinski definition) is 3. The highest BCUT2D eigenvalue weighted by Crippen LogP contribution is 2.19. The molecule has 6 nitrogen and oxygen atoms in total. The fourth-order valence-electron chi connectivity index (χ4n) is 2.37. The van der Waals surface area contributed by atoms with Crippen molar-refractivity contribution >= 4 is 46.2 Å². The summed E-state index contributed by atoms with van der Waals surface area (Å²) in [4.78, 5) is 27.5. The van der Waals surface area contributed by atoms with E-state index in [1.807, 2.05) is 12.1 Å². The van der Waals surface area contributed by atoms with Gasteiger partial charge >= 0.3 is 0 Å². The Bertz CT molecular complexity index is 956. The predicted octanol–water partition coefficient (Wildman–Crippen LogP) is 4.69. The summed E-state index contributed by atoms with van der Waals surface area (Å²) in [6.07, 6.45) is 1.58. The number of nitrogens with zero attached hydrogens (tertiary/aromatic N) is 1. The molecule has 7 heteroatoms. The number of hydrogen-bond acceptors (Lipinski definition) is 4. The average Bonchev–Trinajstić information content (AvgIpc) is 2.63. The maximum atomic E-state index is 12.2. The third kappa shape index (κ3) is 5.29. The van der Waals surface area contributed by atoms with Crippen LogP contribution < -0.4 is 16.0 Å². The molecule has 0 bridgehead atoms. The zero-order valence-electron chi connectivity index (χ0n) is 14.5. The molecule has 0 radical (unpaired) electrons. The molecule has 0 aliphatic carbocycles. The second-order valence-corrected chi connectivity index (χ2v) is 6.22. The van der Waals surface area contributed by atoms with Crippen LogP contribution in [0.4, 0.5) is 22.7 Å². The van der Waals surface area contributed by atoms with Crippen LogP contribution >= 0.6 is 11.6 Å². The lowest BCUT2D eigenvalue weighted by Gasteiger charge is -2.09. The number of benzene rings is 2. The van der Waals surface area contributed by atoms with Gasteiger partial charge in [-0.1, -0.05) is 17.7 Å². The van der Waals surface area contributed by atoms with E-state index in [9.17, 15) is 9.59 Å². The Morgan fingerprint density at radius 3 is 2.19 bits per heavy atom. The lowest BCUT2D eigenvalue weighted by atomic mass is 10.2. The molecule has 0 atom stereocenters. The van der Waals surface area contributed by atoms with Crippen LogP contribution in [-0.2, 0) is 4.79 Å². The van der Waals surface area contributed by atoms with Gasteiger partial charge in [-0.05, 0) is 54.6 Å². The minimum Gasteiger partial charge on any atom is -0.354 e. The van der Waals surface area contributed by atoms with Crippen LogP contribution in [0.25, 0.3) is 0 Å². The van der Waals surface area contributed by atoms with Crippen molar-refractivity contribution in [2.75, 3.05) is 16.0 Å². The Hall–Kier alpha value is -3.38. The molecular formula is C20H17ClN4O2. The zero-order chi connectivity index (χ0) is 19.2. The van der Waals surface area contributed by atoms with Gasteiger partial charge in [-0.15, -0.1) is 0 Å². The molecule has 3 rings (SSSR count). The molecule has 0 fully saturated rings. The fraction of sp³-hybridized carbons (Fsp3) is 0.0500. The van der Waals surface area contributed by atoms with E-state index in [1.165, 1.54) is 6.92 Å². The van der Waals surface area contributed by atoms with Crippen LogP contribution in [0, 0.1) is 0 Å². The summed E-state index contributed by atoms with van der Waals surface area (Å²) in [7, 11) is 0. The molecule has 0 spiro atoms. The molecular weight excluding hydrogens is 364 g/mol. The van der Waals surface area contributed by atoms with E-state index in [2.05, 4.69) is 20.9 Å². The molecule has 3 N–H and O–H groups in total. The molecule has 1 heterocycles. The molecule has 27 heavy (non-hydrogen) atoms. The number of anilines is 4.